The maximum atomic E-state index is 12.0. The van der Waals surface area contributed by atoms with Crippen molar-refractivity contribution in [1.29, 1.82) is 5.41 Å². The number of thiol groups is 1. The van der Waals surface area contributed by atoms with Gasteiger partial charge in [0.1, 0.15) is 6.04 Å². The molecule has 1 saturated carbocycles. The molecule has 0 unspecified atom stereocenters. The van der Waals surface area contributed by atoms with E-state index in [1.807, 2.05) is 0 Å². The predicted molar refractivity (Wildman–Crippen MR) is 112 cm³/mol. The molecule has 7 N–H and O–H groups in total. The molecular formula is C19H27N5O2S. The zero-order chi connectivity index (χ0) is 20.0. The van der Waals surface area contributed by atoms with Crippen molar-refractivity contribution >= 4 is 41.5 Å². The number of allylic oxidation sites excluding steroid dienone is 1. The van der Waals surface area contributed by atoms with Crippen molar-refractivity contribution in [3.8, 4) is 0 Å². The standard InChI is InChI=1S/C19H27N5O2S/c1-11(20)9-16(27)24-15-10-13(7-8-14(15)18(21)25)23-17(19(22)26)12-5-3-2-4-6-12/h7-10,12,17,20,23-24,27H,2-6H2,1H3,(H2,21,25)(H2,22,26)/b16-9-,20-11?/t17-/m1/s1. The fourth-order valence-electron chi connectivity index (χ4n) is 3.40. The smallest absolute Gasteiger partial charge is 0.250 e. The van der Waals surface area contributed by atoms with Gasteiger partial charge in [0.05, 0.1) is 16.3 Å². The second-order valence-electron chi connectivity index (χ2n) is 6.88. The molecule has 1 aromatic carbocycles. The summed E-state index contributed by atoms with van der Waals surface area (Å²) in [5, 5.41) is 14.1. The molecule has 0 bridgehead atoms. The van der Waals surface area contributed by atoms with E-state index in [1.54, 1.807) is 25.1 Å². The number of carbonyl (C=O) groups excluding carboxylic acids is 2. The molecule has 0 radical (unpaired) electrons. The molecule has 7 nitrogen and oxygen atoms in total. The number of nitrogens with two attached hydrogens (primary N) is 2. The molecule has 1 atom stereocenters. The zero-order valence-corrected chi connectivity index (χ0v) is 16.3. The number of hydrogen-bond acceptors (Lipinski definition) is 6. The Morgan fingerprint density at radius 3 is 2.48 bits per heavy atom. The predicted octanol–water partition coefficient (Wildman–Crippen LogP) is 2.85. The van der Waals surface area contributed by atoms with Gasteiger partial charge in [0.25, 0.3) is 5.91 Å². The molecule has 0 aliphatic heterocycles. The third kappa shape index (κ3) is 6.02. The zero-order valence-electron chi connectivity index (χ0n) is 15.4. The minimum atomic E-state index is -0.588. The van der Waals surface area contributed by atoms with Gasteiger partial charge in [-0.3, -0.25) is 9.59 Å². The Kier molecular flexibility index (Phi) is 7.29. The summed E-state index contributed by atoms with van der Waals surface area (Å²) in [7, 11) is 0. The van der Waals surface area contributed by atoms with Crippen molar-refractivity contribution in [2.24, 2.45) is 17.4 Å². The molecule has 0 saturated heterocycles. The van der Waals surface area contributed by atoms with Gasteiger partial charge in [-0.25, -0.2) is 0 Å². The van der Waals surface area contributed by atoms with E-state index in [0.717, 1.165) is 25.7 Å². The van der Waals surface area contributed by atoms with Gasteiger partial charge in [-0.15, -0.1) is 12.6 Å². The number of primary amides is 2. The van der Waals surface area contributed by atoms with Gasteiger partial charge in [-0.1, -0.05) is 19.3 Å². The van der Waals surface area contributed by atoms with Gasteiger partial charge in [0, 0.05) is 11.4 Å². The summed E-state index contributed by atoms with van der Waals surface area (Å²) >= 11 is 4.28. The van der Waals surface area contributed by atoms with Gasteiger partial charge in [0.15, 0.2) is 0 Å². The summed E-state index contributed by atoms with van der Waals surface area (Å²) in [6, 6.07) is 4.52. The monoisotopic (exact) mass is 389 g/mol. The molecule has 0 spiro atoms. The van der Waals surface area contributed by atoms with Crippen LogP contribution in [0.1, 0.15) is 49.4 Å². The summed E-state index contributed by atoms with van der Waals surface area (Å²) in [6.45, 7) is 1.62. The van der Waals surface area contributed by atoms with Gasteiger partial charge in [-0.2, -0.15) is 0 Å². The summed E-state index contributed by atoms with van der Waals surface area (Å²) in [5.41, 5.74) is 12.8. The van der Waals surface area contributed by atoms with E-state index in [2.05, 4.69) is 23.3 Å². The summed E-state index contributed by atoms with van der Waals surface area (Å²) in [4.78, 5) is 23.7. The normalized spacial score (nSPS) is 16.4. The van der Waals surface area contributed by atoms with Crippen LogP contribution in [0.5, 0.6) is 0 Å². The average Bonchev–Trinajstić information content (AvgIpc) is 2.59. The fraction of sp³-hybridized carbons (Fsp3) is 0.421. The first-order valence-corrected chi connectivity index (χ1v) is 9.45. The topological polar surface area (TPSA) is 134 Å². The Morgan fingerprint density at radius 1 is 1.26 bits per heavy atom. The summed E-state index contributed by atoms with van der Waals surface area (Å²) in [6.07, 6.45) is 6.83. The highest BCUT2D eigenvalue weighted by molar-refractivity contribution is 7.84. The van der Waals surface area contributed by atoms with Crippen LogP contribution in [0, 0.1) is 11.3 Å². The highest BCUT2D eigenvalue weighted by atomic mass is 32.1. The lowest BCUT2D eigenvalue weighted by atomic mass is 9.83. The molecule has 1 aliphatic carbocycles. The Balaban J connectivity index is 2.28. The van der Waals surface area contributed by atoms with Crippen molar-refractivity contribution in [1.82, 2.24) is 0 Å². The van der Waals surface area contributed by atoms with E-state index in [1.165, 1.54) is 12.5 Å². The van der Waals surface area contributed by atoms with Crippen LogP contribution in [0.2, 0.25) is 0 Å². The molecule has 146 valence electrons. The number of anilines is 2. The lowest BCUT2D eigenvalue weighted by molar-refractivity contribution is -0.120. The molecule has 1 aromatic rings. The Hall–Kier alpha value is -2.48. The van der Waals surface area contributed by atoms with Crippen LogP contribution in [0.4, 0.5) is 11.4 Å². The van der Waals surface area contributed by atoms with Crippen molar-refractivity contribution in [2.45, 2.75) is 45.1 Å². The Morgan fingerprint density at radius 2 is 1.93 bits per heavy atom. The molecule has 1 aliphatic rings. The van der Waals surface area contributed by atoms with Crippen molar-refractivity contribution in [2.75, 3.05) is 10.6 Å². The van der Waals surface area contributed by atoms with Crippen LogP contribution in [-0.2, 0) is 4.79 Å². The second-order valence-corrected chi connectivity index (χ2v) is 7.37. The Labute approximate surface area is 164 Å². The fourth-order valence-corrected chi connectivity index (χ4v) is 3.71. The average molecular weight is 390 g/mol. The number of nitrogens with one attached hydrogen (secondary N) is 3. The van der Waals surface area contributed by atoms with Crippen LogP contribution in [0.25, 0.3) is 0 Å². The van der Waals surface area contributed by atoms with Crippen molar-refractivity contribution in [3.63, 3.8) is 0 Å². The maximum absolute atomic E-state index is 12.0. The molecule has 2 rings (SSSR count). The molecule has 27 heavy (non-hydrogen) atoms. The van der Waals surface area contributed by atoms with E-state index in [9.17, 15) is 9.59 Å². The van der Waals surface area contributed by atoms with E-state index in [0.29, 0.717) is 22.1 Å². The first-order chi connectivity index (χ1) is 12.8. The molecule has 2 amide bonds. The van der Waals surface area contributed by atoms with Crippen LogP contribution >= 0.6 is 12.6 Å². The largest absolute Gasteiger partial charge is 0.373 e. The van der Waals surface area contributed by atoms with Gasteiger partial charge in [-0.05, 0) is 50.0 Å². The van der Waals surface area contributed by atoms with E-state index < -0.39 is 11.9 Å². The third-order valence-electron chi connectivity index (χ3n) is 4.65. The molecule has 1 fully saturated rings. The molecular weight excluding hydrogens is 362 g/mol. The lowest BCUT2D eigenvalue weighted by Gasteiger charge is -2.29. The van der Waals surface area contributed by atoms with Crippen LogP contribution in [0.15, 0.2) is 29.3 Å². The molecule has 0 aromatic heterocycles. The summed E-state index contributed by atoms with van der Waals surface area (Å²) in [5.74, 6) is -0.774. The first-order valence-electron chi connectivity index (χ1n) is 9.00. The summed E-state index contributed by atoms with van der Waals surface area (Å²) < 4.78 is 0. The van der Waals surface area contributed by atoms with E-state index >= 15 is 0 Å². The number of benzene rings is 1. The minimum absolute atomic E-state index is 0.198. The number of amides is 2. The quantitative estimate of drug-likeness (QED) is 0.301. The van der Waals surface area contributed by atoms with Crippen molar-refractivity contribution in [3.05, 3.63) is 34.9 Å². The number of carbonyl (C=O) groups is 2. The van der Waals surface area contributed by atoms with Crippen molar-refractivity contribution < 1.29 is 9.59 Å². The lowest BCUT2D eigenvalue weighted by Crippen LogP contribution is -2.42. The SMILES string of the molecule is CC(=N)/C=C(\S)Nc1cc(N[C@@H](C(N)=O)C2CCCCC2)ccc1C(N)=O. The minimum Gasteiger partial charge on any atom is -0.373 e. The highest BCUT2D eigenvalue weighted by Crippen LogP contribution is 2.30. The van der Waals surface area contributed by atoms with Crippen LogP contribution in [-0.4, -0.2) is 23.6 Å². The number of rotatable bonds is 8. The first kappa shape index (κ1) is 20.8. The van der Waals surface area contributed by atoms with Crippen LogP contribution < -0.4 is 22.1 Å². The van der Waals surface area contributed by atoms with Gasteiger partial charge < -0.3 is 27.5 Å². The van der Waals surface area contributed by atoms with Gasteiger partial charge >= 0.3 is 0 Å². The molecule has 8 heteroatoms. The Bertz CT molecular complexity index is 756. The van der Waals surface area contributed by atoms with Crippen LogP contribution in [0.3, 0.4) is 0 Å². The highest BCUT2D eigenvalue weighted by Gasteiger charge is 2.28. The molecule has 0 heterocycles. The van der Waals surface area contributed by atoms with E-state index in [4.69, 9.17) is 16.9 Å². The third-order valence-corrected chi connectivity index (χ3v) is 4.89. The maximum Gasteiger partial charge on any atom is 0.250 e. The van der Waals surface area contributed by atoms with Gasteiger partial charge in [0.2, 0.25) is 5.91 Å². The van der Waals surface area contributed by atoms with E-state index in [-0.39, 0.29) is 17.4 Å². The second kappa shape index (κ2) is 9.45. The number of hydrogen-bond donors (Lipinski definition) is 6.